The van der Waals surface area contributed by atoms with Crippen molar-refractivity contribution in [3.63, 3.8) is 0 Å². The fourth-order valence-corrected chi connectivity index (χ4v) is 2.25. The number of nitrogens with zero attached hydrogens (tertiary/aromatic N) is 2. The van der Waals surface area contributed by atoms with Gasteiger partial charge >= 0.3 is 0 Å². The summed E-state index contributed by atoms with van der Waals surface area (Å²) in [5.74, 6) is 0.816. The van der Waals surface area contributed by atoms with Gasteiger partial charge in [0.25, 0.3) is 5.91 Å². The molecule has 0 saturated carbocycles. The highest BCUT2D eigenvalue weighted by Crippen LogP contribution is 2.16. The van der Waals surface area contributed by atoms with E-state index in [1.807, 2.05) is 12.1 Å². The van der Waals surface area contributed by atoms with Crippen LogP contribution >= 0.6 is 0 Å². The second-order valence-corrected chi connectivity index (χ2v) is 4.74. The largest absolute Gasteiger partial charge is 0.368 e. The van der Waals surface area contributed by atoms with E-state index in [0.29, 0.717) is 18.7 Å². The fraction of sp³-hybridized carbons (Fsp3) is 0.188. The number of pyridine rings is 1. The molecule has 0 atom stereocenters. The highest BCUT2D eigenvalue weighted by atomic mass is 16.1. The number of benzene rings is 1. The Morgan fingerprint density at radius 1 is 1.10 bits per heavy atom. The first-order chi connectivity index (χ1) is 10.3. The molecule has 1 aromatic carbocycles. The normalized spacial score (nSPS) is 12.5. The average Bonchev–Trinajstić information content (AvgIpc) is 2.95. The minimum absolute atomic E-state index is 0.0899. The van der Waals surface area contributed by atoms with Gasteiger partial charge < -0.3 is 10.6 Å². The summed E-state index contributed by atoms with van der Waals surface area (Å²) in [6.45, 7) is 1.91. The van der Waals surface area contributed by atoms with Crippen LogP contribution in [-0.4, -0.2) is 29.8 Å². The number of fused-ring (bicyclic) bond motifs is 1. The molecule has 1 amide bonds. The first-order valence-electron chi connectivity index (χ1n) is 6.89. The molecular formula is C16H16N4O. The van der Waals surface area contributed by atoms with Crippen molar-refractivity contribution in [2.75, 3.05) is 13.1 Å². The van der Waals surface area contributed by atoms with E-state index in [1.165, 1.54) is 5.56 Å². The maximum Gasteiger partial charge on any atom is 0.251 e. The van der Waals surface area contributed by atoms with E-state index < -0.39 is 0 Å². The van der Waals surface area contributed by atoms with Crippen molar-refractivity contribution in [1.82, 2.24) is 15.6 Å². The second kappa shape index (κ2) is 6.17. The maximum absolute atomic E-state index is 11.8. The molecule has 0 radical (unpaired) electrons. The van der Waals surface area contributed by atoms with Gasteiger partial charge in [0.15, 0.2) is 0 Å². The quantitative estimate of drug-likeness (QED) is 0.831. The number of carbonyl (C=O) groups excluding carboxylic acids is 1. The van der Waals surface area contributed by atoms with E-state index in [4.69, 9.17) is 0 Å². The van der Waals surface area contributed by atoms with Gasteiger partial charge in [0.1, 0.15) is 5.84 Å². The Bertz CT molecular complexity index is 667. The molecule has 1 aromatic heterocycles. The summed E-state index contributed by atoms with van der Waals surface area (Å²) in [7, 11) is 0. The van der Waals surface area contributed by atoms with Crippen LogP contribution < -0.4 is 10.6 Å². The zero-order valence-electron chi connectivity index (χ0n) is 11.5. The van der Waals surface area contributed by atoms with Gasteiger partial charge in [0.05, 0.1) is 6.54 Å². The number of aromatic nitrogens is 1. The molecule has 0 saturated heterocycles. The van der Waals surface area contributed by atoms with Gasteiger partial charge in [-0.15, -0.1) is 0 Å². The van der Waals surface area contributed by atoms with Crippen molar-refractivity contribution in [3.8, 4) is 0 Å². The van der Waals surface area contributed by atoms with Crippen LogP contribution in [-0.2, 0) is 6.54 Å². The fourth-order valence-electron chi connectivity index (χ4n) is 2.25. The van der Waals surface area contributed by atoms with Gasteiger partial charge in [-0.25, -0.2) is 0 Å². The Hall–Kier alpha value is -2.69. The van der Waals surface area contributed by atoms with Crippen LogP contribution in [0.1, 0.15) is 21.5 Å². The van der Waals surface area contributed by atoms with Gasteiger partial charge in [-0.2, -0.15) is 0 Å². The highest BCUT2D eigenvalue weighted by Gasteiger charge is 2.14. The number of amidine groups is 1. The van der Waals surface area contributed by atoms with Crippen molar-refractivity contribution < 1.29 is 4.79 Å². The molecule has 0 bridgehead atoms. The number of amides is 1. The maximum atomic E-state index is 11.8. The van der Waals surface area contributed by atoms with Crippen molar-refractivity contribution >= 4 is 11.7 Å². The van der Waals surface area contributed by atoms with Crippen molar-refractivity contribution in [2.45, 2.75) is 6.54 Å². The van der Waals surface area contributed by atoms with Crippen LogP contribution in [0.25, 0.3) is 0 Å². The topological polar surface area (TPSA) is 66.4 Å². The van der Waals surface area contributed by atoms with Crippen LogP contribution in [0.3, 0.4) is 0 Å². The molecule has 3 rings (SSSR count). The lowest BCUT2D eigenvalue weighted by Gasteiger charge is -2.08. The molecule has 21 heavy (non-hydrogen) atoms. The predicted molar refractivity (Wildman–Crippen MR) is 81.3 cm³/mol. The smallest absolute Gasteiger partial charge is 0.251 e. The van der Waals surface area contributed by atoms with Crippen LogP contribution in [0.2, 0.25) is 0 Å². The van der Waals surface area contributed by atoms with E-state index in [0.717, 1.165) is 17.9 Å². The van der Waals surface area contributed by atoms with Crippen LogP contribution in [0.5, 0.6) is 0 Å². The molecule has 2 aromatic rings. The molecule has 2 heterocycles. The van der Waals surface area contributed by atoms with Crippen molar-refractivity contribution in [1.29, 1.82) is 0 Å². The second-order valence-electron chi connectivity index (χ2n) is 4.74. The predicted octanol–water partition coefficient (Wildman–Crippen LogP) is 1.36. The molecule has 5 heteroatoms. The molecule has 1 aliphatic rings. The van der Waals surface area contributed by atoms with E-state index >= 15 is 0 Å². The highest BCUT2D eigenvalue weighted by molar-refractivity contribution is 6.02. The molecule has 0 aliphatic carbocycles. The number of hydrogen-bond acceptors (Lipinski definition) is 4. The standard InChI is InChI=1S/C16H16N4O/c21-16(12-5-7-17-8-6-12)19-10-9-18-15-14-4-2-1-3-13(14)11-20-15/h1-8H,9-11H2,(H,18,20)(H,19,21). The summed E-state index contributed by atoms with van der Waals surface area (Å²) in [5.41, 5.74) is 3.01. The van der Waals surface area contributed by atoms with Crippen LogP contribution in [0.4, 0.5) is 0 Å². The zero-order chi connectivity index (χ0) is 14.5. The third-order valence-electron chi connectivity index (χ3n) is 3.33. The summed E-state index contributed by atoms with van der Waals surface area (Å²) >= 11 is 0. The zero-order valence-corrected chi connectivity index (χ0v) is 11.5. The number of nitrogens with one attached hydrogen (secondary N) is 2. The van der Waals surface area contributed by atoms with Crippen LogP contribution in [0.15, 0.2) is 53.8 Å². The molecule has 1 aliphatic heterocycles. The number of rotatable bonds is 4. The van der Waals surface area contributed by atoms with Gasteiger partial charge in [0, 0.05) is 36.6 Å². The van der Waals surface area contributed by atoms with E-state index in [9.17, 15) is 4.79 Å². The SMILES string of the molecule is O=C(NCCNC1=NCc2ccccc21)c1ccncc1. The van der Waals surface area contributed by atoms with E-state index in [1.54, 1.807) is 24.5 Å². The minimum atomic E-state index is -0.0899. The van der Waals surface area contributed by atoms with E-state index in [2.05, 4.69) is 32.7 Å². The van der Waals surface area contributed by atoms with E-state index in [-0.39, 0.29) is 5.91 Å². The van der Waals surface area contributed by atoms with Crippen molar-refractivity contribution in [2.24, 2.45) is 4.99 Å². The first-order valence-corrected chi connectivity index (χ1v) is 6.89. The Labute approximate surface area is 123 Å². The summed E-state index contributed by atoms with van der Waals surface area (Å²) in [4.78, 5) is 20.2. The van der Waals surface area contributed by atoms with Gasteiger partial charge in [-0.05, 0) is 17.7 Å². The summed E-state index contributed by atoms with van der Waals surface area (Å²) in [5, 5.41) is 6.13. The Balaban J connectivity index is 1.47. The molecular weight excluding hydrogens is 264 g/mol. The summed E-state index contributed by atoms with van der Waals surface area (Å²) in [6, 6.07) is 11.6. The van der Waals surface area contributed by atoms with Gasteiger partial charge in [0.2, 0.25) is 0 Å². The minimum Gasteiger partial charge on any atom is -0.368 e. The average molecular weight is 280 g/mol. The van der Waals surface area contributed by atoms with Gasteiger partial charge in [-0.1, -0.05) is 24.3 Å². The van der Waals surface area contributed by atoms with Gasteiger partial charge in [-0.3, -0.25) is 14.8 Å². The third-order valence-corrected chi connectivity index (χ3v) is 3.33. The Morgan fingerprint density at radius 2 is 1.90 bits per heavy atom. The molecule has 0 fully saturated rings. The summed E-state index contributed by atoms with van der Waals surface area (Å²) < 4.78 is 0. The lowest BCUT2D eigenvalue weighted by molar-refractivity contribution is 0.0954. The monoisotopic (exact) mass is 280 g/mol. The van der Waals surface area contributed by atoms with Crippen LogP contribution in [0, 0.1) is 0 Å². The Morgan fingerprint density at radius 3 is 2.76 bits per heavy atom. The Kier molecular flexibility index (Phi) is 3.91. The van der Waals surface area contributed by atoms with Crippen molar-refractivity contribution in [3.05, 3.63) is 65.5 Å². The molecule has 5 nitrogen and oxygen atoms in total. The number of carbonyl (C=O) groups is 1. The first kappa shape index (κ1) is 13.3. The molecule has 106 valence electrons. The molecule has 0 spiro atoms. The third kappa shape index (κ3) is 3.08. The number of hydrogen-bond donors (Lipinski definition) is 2. The lowest BCUT2D eigenvalue weighted by Crippen LogP contribution is -2.34. The number of aliphatic imine (C=N–C) groups is 1. The molecule has 0 unspecified atom stereocenters. The molecule has 2 N–H and O–H groups in total. The summed E-state index contributed by atoms with van der Waals surface area (Å²) in [6.07, 6.45) is 3.22. The lowest BCUT2D eigenvalue weighted by atomic mass is 10.1.